The summed E-state index contributed by atoms with van der Waals surface area (Å²) in [5, 5.41) is 13.5. The van der Waals surface area contributed by atoms with Crippen LogP contribution >= 0.6 is 0 Å². The Bertz CT molecular complexity index is 1210. The zero-order chi connectivity index (χ0) is 25.8. The van der Waals surface area contributed by atoms with Crippen molar-refractivity contribution in [2.75, 3.05) is 19.5 Å². The van der Waals surface area contributed by atoms with E-state index in [1.807, 2.05) is 26.0 Å². The van der Waals surface area contributed by atoms with Crippen LogP contribution in [0.4, 0.5) is 10.5 Å². The van der Waals surface area contributed by atoms with E-state index in [0.717, 1.165) is 0 Å². The topological polar surface area (TPSA) is 123 Å². The van der Waals surface area contributed by atoms with Crippen molar-refractivity contribution in [3.05, 3.63) is 59.2 Å². The first kappa shape index (κ1) is 25.4. The van der Waals surface area contributed by atoms with Gasteiger partial charge in [0.2, 0.25) is 5.91 Å². The number of carboxylic acid groups (broad SMARTS) is 1. The molecule has 0 spiro atoms. The van der Waals surface area contributed by atoms with Crippen molar-refractivity contribution in [3.63, 3.8) is 0 Å². The van der Waals surface area contributed by atoms with E-state index in [9.17, 15) is 14.4 Å². The van der Waals surface area contributed by atoms with Crippen LogP contribution < -0.4 is 24.8 Å². The zero-order valence-corrected chi connectivity index (χ0v) is 20.2. The highest BCUT2D eigenvalue weighted by Gasteiger charge is 2.27. The lowest BCUT2D eigenvalue weighted by Crippen LogP contribution is -2.40. The van der Waals surface area contributed by atoms with E-state index in [0.29, 0.717) is 39.6 Å². The molecule has 1 unspecified atom stereocenters. The first-order valence-corrected chi connectivity index (χ1v) is 10.8. The molecule has 35 heavy (non-hydrogen) atoms. The molecular formula is C26H28N2O7. The van der Waals surface area contributed by atoms with Crippen molar-refractivity contribution in [3.8, 4) is 17.2 Å². The third-order valence-electron chi connectivity index (χ3n) is 5.30. The molecule has 2 aromatic carbocycles. The lowest BCUT2D eigenvalue weighted by molar-refractivity contribution is -0.117. The van der Waals surface area contributed by atoms with Gasteiger partial charge in [0.15, 0.2) is 5.78 Å². The SMILES string of the molecule is COc1ccc(C=CC(=O)c2ccc(OC)c3c2OC(C)(C)C=C3)cc1NC(=O)C(C)NC(=O)O. The summed E-state index contributed by atoms with van der Waals surface area (Å²) in [6, 6.07) is 7.40. The maximum atomic E-state index is 13.1. The minimum atomic E-state index is -1.31. The molecule has 0 aromatic heterocycles. The molecule has 0 saturated carbocycles. The zero-order valence-electron chi connectivity index (χ0n) is 20.2. The van der Waals surface area contributed by atoms with Gasteiger partial charge in [-0.25, -0.2) is 4.79 Å². The van der Waals surface area contributed by atoms with Gasteiger partial charge in [0, 0.05) is 0 Å². The quantitative estimate of drug-likeness (QED) is 0.378. The second-order valence-corrected chi connectivity index (χ2v) is 8.41. The Morgan fingerprint density at radius 1 is 1.09 bits per heavy atom. The summed E-state index contributed by atoms with van der Waals surface area (Å²) in [4.78, 5) is 36.2. The molecule has 1 atom stereocenters. The van der Waals surface area contributed by atoms with Crippen molar-refractivity contribution in [1.29, 1.82) is 0 Å². The number of nitrogens with one attached hydrogen (secondary N) is 2. The fourth-order valence-corrected chi connectivity index (χ4v) is 3.48. The van der Waals surface area contributed by atoms with Crippen LogP contribution in [0.2, 0.25) is 0 Å². The Hall–Kier alpha value is -4.27. The molecule has 1 aliphatic heterocycles. The summed E-state index contributed by atoms with van der Waals surface area (Å²) in [6.45, 7) is 5.22. The molecular weight excluding hydrogens is 452 g/mol. The van der Waals surface area contributed by atoms with Crippen LogP contribution in [-0.4, -0.2) is 48.8 Å². The van der Waals surface area contributed by atoms with E-state index in [4.69, 9.17) is 19.3 Å². The molecule has 0 fully saturated rings. The van der Waals surface area contributed by atoms with Gasteiger partial charge in [-0.05, 0) is 68.8 Å². The molecule has 3 N–H and O–H groups in total. The van der Waals surface area contributed by atoms with Gasteiger partial charge in [0.1, 0.15) is 28.9 Å². The van der Waals surface area contributed by atoms with Gasteiger partial charge in [-0.3, -0.25) is 9.59 Å². The third kappa shape index (κ3) is 6.00. The highest BCUT2D eigenvalue weighted by molar-refractivity contribution is 6.09. The van der Waals surface area contributed by atoms with Crippen molar-refractivity contribution >= 4 is 35.6 Å². The molecule has 0 radical (unpaired) electrons. The number of allylic oxidation sites excluding steroid dienone is 1. The smallest absolute Gasteiger partial charge is 0.405 e. The monoisotopic (exact) mass is 480 g/mol. The lowest BCUT2D eigenvalue weighted by atomic mass is 9.97. The summed E-state index contributed by atoms with van der Waals surface area (Å²) in [5.41, 5.74) is 1.48. The predicted molar refractivity (Wildman–Crippen MR) is 132 cm³/mol. The van der Waals surface area contributed by atoms with Crippen molar-refractivity contribution < 1.29 is 33.7 Å². The van der Waals surface area contributed by atoms with Crippen LogP contribution in [-0.2, 0) is 4.79 Å². The van der Waals surface area contributed by atoms with Gasteiger partial charge in [-0.15, -0.1) is 0 Å². The van der Waals surface area contributed by atoms with E-state index in [-0.39, 0.29) is 5.78 Å². The maximum Gasteiger partial charge on any atom is 0.405 e. The molecule has 2 aromatic rings. The van der Waals surface area contributed by atoms with Crippen LogP contribution in [0.5, 0.6) is 17.2 Å². The third-order valence-corrected chi connectivity index (χ3v) is 5.30. The molecule has 1 aliphatic rings. The first-order valence-electron chi connectivity index (χ1n) is 10.8. The number of amides is 2. The number of ketones is 1. The Morgan fingerprint density at radius 2 is 1.77 bits per heavy atom. The van der Waals surface area contributed by atoms with Crippen molar-refractivity contribution in [2.45, 2.75) is 32.4 Å². The highest BCUT2D eigenvalue weighted by Crippen LogP contribution is 2.40. The van der Waals surface area contributed by atoms with E-state index in [2.05, 4.69) is 10.6 Å². The minimum absolute atomic E-state index is 0.268. The Balaban J connectivity index is 1.86. The van der Waals surface area contributed by atoms with Crippen LogP contribution in [0, 0.1) is 0 Å². The van der Waals surface area contributed by atoms with Gasteiger partial charge < -0.3 is 30.0 Å². The van der Waals surface area contributed by atoms with Crippen LogP contribution in [0.25, 0.3) is 12.2 Å². The highest BCUT2D eigenvalue weighted by atomic mass is 16.5. The molecule has 9 heteroatoms. The number of methoxy groups -OCH3 is 2. The van der Waals surface area contributed by atoms with Gasteiger partial charge >= 0.3 is 6.09 Å². The second-order valence-electron chi connectivity index (χ2n) is 8.41. The van der Waals surface area contributed by atoms with Gasteiger partial charge in [-0.1, -0.05) is 12.1 Å². The second kappa shape index (κ2) is 10.3. The number of carbonyl (C=O) groups excluding carboxylic acids is 2. The number of rotatable bonds is 8. The number of hydrogen-bond acceptors (Lipinski definition) is 6. The van der Waals surface area contributed by atoms with Crippen LogP contribution in [0.15, 0.2) is 42.5 Å². The molecule has 0 aliphatic carbocycles. The lowest BCUT2D eigenvalue weighted by Gasteiger charge is -2.29. The summed E-state index contributed by atoms with van der Waals surface area (Å²) in [5.74, 6) is 0.621. The molecule has 0 bridgehead atoms. The molecule has 0 saturated heterocycles. The largest absolute Gasteiger partial charge is 0.496 e. The number of anilines is 1. The van der Waals surface area contributed by atoms with E-state index in [1.54, 1.807) is 43.5 Å². The van der Waals surface area contributed by atoms with Crippen molar-refractivity contribution in [2.24, 2.45) is 0 Å². The van der Waals surface area contributed by atoms with Gasteiger partial charge in [0.25, 0.3) is 0 Å². The van der Waals surface area contributed by atoms with Crippen molar-refractivity contribution in [1.82, 2.24) is 5.32 Å². The Morgan fingerprint density at radius 3 is 2.43 bits per heavy atom. The number of fused-ring (bicyclic) bond motifs is 1. The number of ether oxygens (including phenoxy) is 3. The molecule has 184 valence electrons. The van der Waals surface area contributed by atoms with Crippen LogP contribution in [0.1, 0.15) is 42.3 Å². The average Bonchev–Trinajstić information content (AvgIpc) is 2.80. The molecule has 9 nitrogen and oxygen atoms in total. The van der Waals surface area contributed by atoms with Gasteiger partial charge in [0.05, 0.1) is 31.0 Å². The predicted octanol–water partition coefficient (Wildman–Crippen LogP) is 4.38. The average molecular weight is 481 g/mol. The van der Waals surface area contributed by atoms with E-state index < -0.39 is 23.6 Å². The molecule has 2 amide bonds. The summed E-state index contributed by atoms with van der Waals surface area (Å²) >= 11 is 0. The summed E-state index contributed by atoms with van der Waals surface area (Å²) in [6.07, 6.45) is 5.51. The molecule has 1 heterocycles. The number of hydrogen-bond donors (Lipinski definition) is 3. The molecule has 3 rings (SSSR count). The Kier molecular flexibility index (Phi) is 7.49. The first-order chi connectivity index (χ1) is 16.5. The summed E-state index contributed by atoms with van der Waals surface area (Å²) in [7, 11) is 3.01. The fraction of sp³-hybridized carbons (Fsp3) is 0.269. The van der Waals surface area contributed by atoms with Crippen LogP contribution in [0.3, 0.4) is 0 Å². The van der Waals surface area contributed by atoms with Gasteiger partial charge in [-0.2, -0.15) is 0 Å². The maximum absolute atomic E-state index is 13.1. The normalized spacial score (nSPS) is 14.4. The minimum Gasteiger partial charge on any atom is -0.496 e. The fourth-order valence-electron chi connectivity index (χ4n) is 3.48. The van der Waals surface area contributed by atoms with E-state index >= 15 is 0 Å². The number of carbonyl (C=O) groups is 3. The number of benzene rings is 2. The van der Waals surface area contributed by atoms with E-state index in [1.165, 1.54) is 20.1 Å². The Labute approximate surface area is 203 Å². The summed E-state index contributed by atoms with van der Waals surface area (Å²) < 4.78 is 16.8. The standard InChI is InChI=1S/C26H28N2O7/c1-15(27-25(31)32)24(30)28-19-14-16(7-10-22(19)34-5)6-9-20(29)17-8-11-21(33-4)18-12-13-26(2,3)35-23(17)18/h6-15,27H,1-5H3,(H,28,30)(H,31,32).